The number of amidine groups is 1. The number of hydrogen-bond donors (Lipinski definition) is 1. The summed E-state index contributed by atoms with van der Waals surface area (Å²) < 4.78 is 58.6. The number of alkyl halides is 3. The summed E-state index contributed by atoms with van der Waals surface area (Å²) in [6, 6.07) is 5.66. The van der Waals surface area contributed by atoms with E-state index >= 15 is 0 Å². The van der Waals surface area contributed by atoms with E-state index in [0.29, 0.717) is 59.6 Å². The fourth-order valence-corrected chi connectivity index (χ4v) is 5.48. The molecule has 36 heavy (non-hydrogen) atoms. The first-order valence-corrected chi connectivity index (χ1v) is 12.5. The van der Waals surface area contributed by atoms with Gasteiger partial charge in [-0.1, -0.05) is 12.1 Å². The molecule has 3 heterocycles. The van der Waals surface area contributed by atoms with Gasteiger partial charge in [-0.2, -0.15) is 18.2 Å². The Bertz CT molecular complexity index is 1240. The van der Waals surface area contributed by atoms with Crippen molar-refractivity contribution < 1.29 is 27.4 Å². The highest BCUT2D eigenvalue weighted by atomic mass is 79.9. The number of aliphatic imine (C=N–C) groups is 2. The second kappa shape index (κ2) is 9.59. The molecule has 7 nitrogen and oxygen atoms in total. The zero-order chi connectivity index (χ0) is 25.6. The lowest BCUT2D eigenvalue weighted by molar-refractivity contribution is -0.138. The third kappa shape index (κ3) is 4.43. The van der Waals surface area contributed by atoms with Gasteiger partial charge in [0, 0.05) is 19.0 Å². The van der Waals surface area contributed by atoms with Crippen molar-refractivity contribution in [3.05, 3.63) is 51.0 Å². The number of nitrogens with one attached hydrogen (secondary N) is 1. The molecule has 0 aromatic heterocycles. The molecule has 0 unspecified atom stereocenters. The minimum Gasteiger partial charge on any atom is -0.493 e. The number of hydrogen-bond acceptors (Lipinski definition) is 7. The van der Waals surface area contributed by atoms with Crippen LogP contribution in [0.2, 0.25) is 0 Å². The molecule has 0 saturated carbocycles. The highest BCUT2D eigenvalue weighted by Gasteiger charge is 2.36. The second-order valence-corrected chi connectivity index (χ2v) is 9.69. The first-order chi connectivity index (χ1) is 17.2. The van der Waals surface area contributed by atoms with E-state index in [1.165, 1.54) is 13.0 Å². The lowest BCUT2D eigenvalue weighted by Crippen LogP contribution is -2.39. The smallest absolute Gasteiger partial charge is 0.416 e. The van der Waals surface area contributed by atoms with Crippen molar-refractivity contribution in [3.8, 4) is 11.5 Å². The Kier molecular flexibility index (Phi) is 6.63. The van der Waals surface area contributed by atoms with Crippen LogP contribution in [0.4, 0.5) is 18.9 Å². The maximum absolute atomic E-state index is 13.5. The summed E-state index contributed by atoms with van der Waals surface area (Å²) in [7, 11) is 1.58. The maximum atomic E-state index is 13.5. The van der Waals surface area contributed by atoms with Gasteiger partial charge in [-0.3, -0.25) is 0 Å². The summed E-state index contributed by atoms with van der Waals surface area (Å²) in [6.45, 7) is 5.68. The van der Waals surface area contributed by atoms with Crippen molar-refractivity contribution in [3.63, 3.8) is 0 Å². The van der Waals surface area contributed by atoms with Crippen molar-refractivity contribution in [1.29, 1.82) is 0 Å². The monoisotopic (exact) mass is 566 g/mol. The van der Waals surface area contributed by atoms with E-state index in [1.54, 1.807) is 13.2 Å². The molecule has 0 radical (unpaired) electrons. The van der Waals surface area contributed by atoms with E-state index in [2.05, 4.69) is 26.2 Å². The highest BCUT2D eigenvalue weighted by Crippen LogP contribution is 2.46. The van der Waals surface area contributed by atoms with Crippen LogP contribution in [0.15, 0.2) is 38.7 Å². The minimum absolute atomic E-state index is 0.110. The van der Waals surface area contributed by atoms with E-state index in [9.17, 15) is 13.2 Å². The average Bonchev–Trinajstić information content (AvgIpc) is 3.51. The molecule has 3 aliphatic rings. The number of benzene rings is 2. The zero-order valence-corrected chi connectivity index (χ0v) is 21.7. The van der Waals surface area contributed by atoms with Crippen LogP contribution in [0, 0.1) is 6.92 Å². The Hall–Kier alpha value is -2.79. The van der Waals surface area contributed by atoms with Crippen molar-refractivity contribution >= 4 is 33.4 Å². The molecule has 0 aliphatic carbocycles. The van der Waals surface area contributed by atoms with Crippen LogP contribution in [-0.4, -0.2) is 51.3 Å². The molecule has 2 atom stereocenters. The fourth-order valence-electron chi connectivity index (χ4n) is 4.80. The Morgan fingerprint density at radius 1 is 1.31 bits per heavy atom. The van der Waals surface area contributed by atoms with Crippen LogP contribution in [0.3, 0.4) is 0 Å². The maximum Gasteiger partial charge on any atom is 0.416 e. The summed E-state index contributed by atoms with van der Waals surface area (Å²) in [4.78, 5) is 11.2. The molecule has 0 bridgehead atoms. The number of methoxy groups -OCH3 is 1. The molecule has 0 amide bonds. The van der Waals surface area contributed by atoms with E-state index in [4.69, 9.17) is 19.2 Å². The van der Waals surface area contributed by atoms with Gasteiger partial charge in [-0.15, -0.1) is 0 Å². The molecule has 5 rings (SSSR count). The van der Waals surface area contributed by atoms with Gasteiger partial charge in [0.25, 0.3) is 0 Å². The quantitative estimate of drug-likeness (QED) is 0.536. The van der Waals surface area contributed by atoms with Gasteiger partial charge >= 0.3 is 6.18 Å². The molecule has 11 heteroatoms. The van der Waals surface area contributed by atoms with Crippen LogP contribution < -0.4 is 19.7 Å². The number of ether oxygens (including phenoxy) is 3. The van der Waals surface area contributed by atoms with Gasteiger partial charge in [-0.05, 0) is 47.0 Å². The van der Waals surface area contributed by atoms with E-state index in [1.807, 2.05) is 17.9 Å². The number of nitrogens with zero attached hydrogens (tertiary/aromatic N) is 3. The Morgan fingerprint density at radius 2 is 2.11 bits per heavy atom. The number of guanidine groups is 1. The predicted octanol–water partition coefficient (Wildman–Crippen LogP) is 5.24. The molecule has 1 saturated heterocycles. The minimum atomic E-state index is -4.43. The lowest BCUT2D eigenvalue weighted by Gasteiger charge is -2.31. The summed E-state index contributed by atoms with van der Waals surface area (Å²) in [6.07, 6.45) is -3.77. The predicted molar refractivity (Wildman–Crippen MR) is 134 cm³/mol. The number of rotatable bonds is 5. The number of anilines is 1. The molecular formula is C25H26BrF3N4O3. The van der Waals surface area contributed by atoms with E-state index < -0.39 is 17.8 Å². The Balaban J connectivity index is 1.56. The molecule has 2 aromatic carbocycles. The van der Waals surface area contributed by atoms with Crippen LogP contribution in [0.25, 0.3) is 0 Å². The van der Waals surface area contributed by atoms with Crippen LogP contribution >= 0.6 is 15.9 Å². The number of halogens is 4. The van der Waals surface area contributed by atoms with Gasteiger partial charge in [0.2, 0.25) is 5.96 Å². The third-order valence-corrected chi connectivity index (χ3v) is 7.37. The van der Waals surface area contributed by atoms with Crippen molar-refractivity contribution in [1.82, 2.24) is 5.32 Å². The second-order valence-electron chi connectivity index (χ2n) is 8.90. The first-order valence-electron chi connectivity index (χ1n) is 11.7. The van der Waals surface area contributed by atoms with Gasteiger partial charge in [0.1, 0.15) is 11.9 Å². The zero-order valence-electron chi connectivity index (χ0n) is 20.1. The summed E-state index contributed by atoms with van der Waals surface area (Å²) >= 11 is 3.72. The van der Waals surface area contributed by atoms with Gasteiger partial charge in [0.05, 0.1) is 54.2 Å². The topological polar surface area (TPSA) is 67.7 Å². The normalized spacial score (nSPS) is 19.9. The largest absolute Gasteiger partial charge is 0.493 e. The van der Waals surface area contributed by atoms with E-state index in [-0.39, 0.29) is 11.7 Å². The van der Waals surface area contributed by atoms with Crippen LogP contribution in [-0.2, 0) is 10.9 Å². The summed E-state index contributed by atoms with van der Waals surface area (Å²) in [5, 5.41) is 3.35. The molecule has 192 valence electrons. The Labute approximate surface area is 215 Å². The highest BCUT2D eigenvalue weighted by molar-refractivity contribution is 9.10. The van der Waals surface area contributed by atoms with Crippen LogP contribution in [0.5, 0.6) is 11.5 Å². The van der Waals surface area contributed by atoms with Crippen LogP contribution in [0.1, 0.15) is 41.6 Å². The van der Waals surface area contributed by atoms with E-state index in [0.717, 1.165) is 23.7 Å². The number of fused-ring (bicyclic) bond motifs is 3. The molecule has 2 aromatic rings. The fraction of sp³-hybridized carbons (Fsp3) is 0.440. The Morgan fingerprint density at radius 3 is 2.81 bits per heavy atom. The van der Waals surface area contributed by atoms with Crippen molar-refractivity contribution in [2.45, 2.75) is 38.6 Å². The van der Waals surface area contributed by atoms with Gasteiger partial charge in [-0.25, -0.2) is 4.99 Å². The molecule has 3 aliphatic heterocycles. The molecule has 1 fully saturated rings. The molecular weight excluding hydrogens is 541 g/mol. The summed E-state index contributed by atoms with van der Waals surface area (Å²) in [5.41, 5.74) is 1.64. The average molecular weight is 567 g/mol. The third-order valence-electron chi connectivity index (χ3n) is 6.62. The molecule has 0 spiro atoms. The van der Waals surface area contributed by atoms with Gasteiger partial charge in [0.15, 0.2) is 11.5 Å². The summed E-state index contributed by atoms with van der Waals surface area (Å²) in [5.74, 6) is 2.13. The van der Waals surface area contributed by atoms with Gasteiger partial charge < -0.3 is 24.4 Å². The lowest BCUT2D eigenvalue weighted by atomic mass is 9.96. The van der Waals surface area contributed by atoms with Crippen molar-refractivity contribution in [2.24, 2.45) is 9.98 Å². The standard InChI is InChI=1S/C25H26BrF3N4O3/c1-13-16(5-4-6-17(13)25(27,28)29)14(2)31-23-20-18(33-9-8-30-24(33)32-23)11-19(34-3)22(21(20)26)36-15-7-10-35-12-15/h4-6,11,14-15H,7-10,12H2,1-3H3,(H,30,31,32)/t14-,15+/m1/s1. The SMILES string of the molecule is COc1cc2c(c(Br)c1O[C@H]1CCOC1)C(N[C@H](C)c1cccc(C(F)(F)F)c1C)=NC1=NCCN12. The van der Waals surface area contributed by atoms with Crippen molar-refractivity contribution in [2.75, 3.05) is 38.3 Å². The molecule has 1 N–H and O–H groups in total. The first kappa shape index (κ1) is 24.9.